The molecule has 2 aromatic rings. The van der Waals surface area contributed by atoms with Gasteiger partial charge in [0.15, 0.2) is 6.61 Å². The zero-order valence-electron chi connectivity index (χ0n) is 15.8. The van der Waals surface area contributed by atoms with Crippen LogP contribution in [-0.2, 0) is 20.7 Å². The van der Waals surface area contributed by atoms with Crippen LogP contribution >= 0.6 is 0 Å². The Morgan fingerprint density at radius 1 is 1.00 bits per heavy atom. The predicted octanol–water partition coefficient (Wildman–Crippen LogP) is 1.73. The van der Waals surface area contributed by atoms with Crippen LogP contribution in [0.1, 0.15) is 24.0 Å². The fourth-order valence-electron chi connectivity index (χ4n) is 2.67. The van der Waals surface area contributed by atoms with Crippen molar-refractivity contribution in [2.24, 2.45) is 5.73 Å². The molecule has 3 amide bonds. The van der Waals surface area contributed by atoms with Gasteiger partial charge in [-0.05, 0) is 17.0 Å². The largest absolute Gasteiger partial charge is 0.454 e. The van der Waals surface area contributed by atoms with Crippen molar-refractivity contribution in [2.45, 2.75) is 25.3 Å². The molecule has 2 rings (SSSR count). The van der Waals surface area contributed by atoms with Crippen molar-refractivity contribution in [1.82, 2.24) is 10.6 Å². The zero-order valence-corrected chi connectivity index (χ0v) is 15.8. The molecule has 0 heterocycles. The fraction of sp³-hybridized carbons (Fsp3) is 0.286. The van der Waals surface area contributed by atoms with Crippen molar-refractivity contribution in [1.29, 1.82) is 0 Å². The van der Waals surface area contributed by atoms with Gasteiger partial charge in [-0.3, -0.25) is 4.79 Å². The van der Waals surface area contributed by atoms with E-state index in [1.54, 1.807) is 0 Å². The van der Waals surface area contributed by atoms with E-state index < -0.39 is 30.6 Å². The highest BCUT2D eigenvalue weighted by Gasteiger charge is 2.22. The summed E-state index contributed by atoms with van der Waals surface area (Å²) in [5, 5.41) is 5.09. The number of hydrogen-bond donors (Lipinski definition) is 3. The second-order valence-electron chi connectivity index (χ2n) is 6.47. The van der Waals surface area contributed by atoms with Crippen LogP contribution in [-0.4, -0.2) is 37.1 Å². The predicted molar refractivity (Wildman–Crippen MR) is 105 cm³/mol. The Morgan fingerprint density at radius 3 is 2.21 bits per heavy atom. The van der Waals surface area contributed by atoms with Crippen molar-refractivity contribution < 1.29 is 19.1 Å². The van der Waals surface area contributed by atoms with E-state index in [1.165, 1.54) is 0 Å². The van der Waals surface area contributed by atoms with Gasteiger partial charge in [-0.1, -0.05) is 67.6 Å². The monoisotopic (exact) mass is 383 g/mol. The molecule has 7 nitrogen and oxygen atoms in total. The van der Waals surface area contributed by atoms with Gasteiger partial charge in [-0.25, -0.2) is 9.59 Å². The van der Waals surface area contributed by atoms with Crippen molar-refractivity contribution in [3.63, 3.8) is 0 Å². The smallest absolute Gasteiger partial charge is 0.329 e. The van der Waals surface area contributed by atoms with E-state index in [-0.39, 0.29) is 12.3 Å². The summed E-state index contributed by atoms with van der Waals surface area (Å²) in [4.78, 5) is 35.4. The van der Waals surface area contributed by atoms with Crippen molar-refractivity contribution in [3.05, 3.63) is 71.8 Å². The van der Waals surface area contributed by atoms with Gasteiger partial charge in [0.05, 0.1) is 0 Å². The third-order valence-electron chi connectivity index (χ3n) is 4.20. The SMILES string of the molecule is C[C@H](CNC(=O)COC(=O)[C@H](Cc1ccccc1)NC(N)=O)c1ccccc1. The van der Waals surface area contributed by atoms with E-state index in [2.05, 4.69) is 10.6 Å². The third kappa shape index (κ3) is 7.11. The minimum Gasteiger partial charge on any atom is -0.454 e. The lowest BCUT2D eigenvalue weighted by Gasteiger charge is -2.17. The van der Waals surface area contributed by atoms with Gasteiger partial charge < -0.3 is 21.1 Å². The van der Waals surface area contributed by atoms with Crippen LogP contribution in [0.4, 0.5) is 4.79 Å². The van der Waals surface area contributed by atoms with Gasteiger partial charge in [0.25, 0.3) is 5.91 Å². The Balaban J connectivity index is 1.82. The molecular formula is C21H25N3O4. The van der Waals surface area contributed by atoms with E-state index in [0.29, 0.717) is 6.54 Å². The summed E-state index contributed by atoms with van der Waals surface area (Å²) >= 11 is 0. The number of esters is 1. The molecule has 0 saturated carbocycles. The molecule has 28 heavy (non-hydrogen) atoms. The minimum atomic E-state index is -0.962. The Morgan fingerprint density at radius 2 is 1.61 bits per heavy atom. The topological polar surface area (TPSA) is 111 Å². The third-order valence-corrected chi connectivity index (χ3v) is 4.20. The van der Waals surface area contributed by atoms with Crippen LogP contribution in [0.3, 0.4) is 0 Å². The Kier molecular flexibility index (Phi) is 8.02. The maximum atomic E-state index is 12.3. The molecule has 0 radical (unpaired) electrons. The highest BCUT2D eigenvalue weighted by Crippen LogP contribution is 2.12. The number of urea groups is 1. The summed E-state index contributed by atoms with van der Waals surface area (Å²) in [5.74, 6) is -0.995. The van der Waals surface area contributed by atoms with E-state index in [1.807, 2.05) is 67.6 Å². The molecule has 0 aromatic heterocycles. The first-order chi connectivity index (χ1) is 13.5. The number of nitrogens with one attached hydrogen (secondary N) is 2. The van der Waals surface area contributed by atoms with Crippen LogP contribution in [0.2, 0.25) is 0 Å². The van der Waals surface area contributed by atoms with Crippen molar-refractivity contribution in [3.8, 4) is 0 Å². The van der Waals surface area contributed by atoms with E-state index in [4.69, 9.17) is 10.5 Å². The van der Waals surface area contributed by atoms with Crippen LogP contribution in [0.5, 0.6) is 0 Å². The fourth-order valence-corrected chi connectivity index (χ4v) is 2.67. The average Bonchev–Trinajstić information content (AvgIpc) is 2.70. The van der Waals surface area contributed by atoms with Crippen molar-refractivity contribution >= 4 is 17.9 Å². The van der Waals surface area contributed by atoms with Crippen molar-refractivity contribution in [2.75, 3.05) is 13.2 Å². The zero-order chi connectivity index (χ0) is 20.4. The number of carbonyl (C=O) groups excluding carboxylic acids is 3. The summed E-state index contributed by atoms with van der Waals surface area (Å²) in [6.07, 6.45) is 0.218. The molecule has 0 aliphatic carbocycles. The molecular weight excluding hydrogens is 358 g/mol. The van der Waals surface area contributed by atoms with Crippen LogP contribution in [0.15, 0.2) is 60.7 Å². The molecule has 0 aliphatic rings. The molecule has 0 fully saturated rings. The van der Waals surface area contributed by atoms with Crippen LogP contribution < -0.4 is 16.4 Å². The van der Waals surface area contributed by atoms with Gasteiger partial charge in [-0.2, -0.15) is 0 Å². The number of carbonyl (C=O) groups is 3. The average molecular weight is 383 g/mol. The maximum absolute atomic E-state index is 12.3. The van der Waals surface area contributed by atoms with Gasteiger partial charge in [-0.15, -0.1) is 0 Å². The Bertz CT molecular complexity index is 781. The second-order valence-corrected chi connectivity index (χ2v) is 6.47. The second kappa shape index (κ2) is 10.7. The molecule has 0 spiro atoms. The molecule has 0 saturated heterocycles. The minimum absolute atomic E-state index is 0.128. The van der Waals surface area contributed by atoms with Crippen LogP contribution in [0.25, 0.3) is 0 Å². The summed E-state index contributed by atoms with van der Waals surface area (Å²) in [6.45, 7) is 1.99. The molecule has 148 valence electrons. The van der Waals surface area contributed by atoms with Gasteiger partial charge in [0.2, 0.25) is 0 Å². The standard InChI is InChI=1S/C21H25N3O4/c1-15(17-10-6-3-7-11-17)13-23-19(25)14-28-20(26)18(24-21(22)27)12-16-8-4-2-5-9-16/h2-11,15,18H,12-14H2,1H3,(H,23,25)(H3,22,24,27)/t15-,18+/m1/s1. The maximum Gasteiger partial charge on any atom is 0.329 e. The number of hydrogen-bond acceptors (Lipinski definition) is 4. The number of primary amides is 1. The number of rotatable bonds is 9. The Labute approximate surface area is 164 Å². The first-order valence-electron chi connectivity index (χ1n) is 9.04. The van der Waals surface area contributed by atoms with E-state index >= 15 is 0 Å². The molecule has 4 N–H and O–H groups in total. The van der Waals surface area contributed by atoms with E-state index in [0.717, 1.165) is 11.1 Å². The number of benzene rings is 2. The lowest BCUT2D eigenvalue weighted by Crippen LogP contribution is -2.46. The first-order valence-corrected chi connectivity index (χ1v) is 9.04. The number of ether oxygens (including phenoxy) is 1. The van der Waals surface area contributed by atoms with Gasteiger partial charge >= 0.3 is 12.0 Å². The highest BCUT2D eigenvalue weighted by atomic mass is 16.5. The molecule has 0 aliphatic heterocycles. The quantitative estimate of drug-likeness (QED) is 0.573. The molecule has 2 aromatic carbocycles. The van der Waals surface area contributed by atoms with Gasteiger partial charge in [0, 0.05) is 13.0 Å². The molecule has 7 heteroatoms. The molecule has 0 bridgehead atoms. The normalized spacial score (nSPS) is 12.5. The summed E-state index contributed by atoms with van der Waals surface area (Å²) in [7, 11) is 0. The summed E-state index contributed by atoms with van der Waals surface area (Å²) in [5.41, 5.74) is 7.08. The van der Waals surface area contributed by atoms with Crippen LogP contribution in [0, 0.1) is 0 Å². The number of amides is 3. The Hall–Kier alpha value is -3.35. The number of nitrogens with two attached hydrogens (primary N) is 1. The first kappa shape index (κ1) is 21.0. The molecule has 0 unspecified atom stereocenters. The van der Waals surface area contributed by atoms with E-state index in [9.17, 15) is 14.4 Å². The summed E-state index contributed by atoms with van der Waals surface area (Å²) in [6, 6.07) is 17.1. The molecule has 2 atom stereocenters. The highest BCUT2D eigenvalue weighted by molar-refractivity contribution is 5.85. The van der Waals surface area contributed by atoms with Gasteiger partial charge in [0.1, 0.15) is 6.04 Å². The lowest BCUT2D eigenvalue weighted by atomic mass is 10.0. The summed E-state index contributed by atoms with van der Waals surface area (Å²) < 4.78 is 5.06. The lowest BCUT2D eigenvalue weighted by molar-refractivity contribution is -0.150.